The minimum absolute atomic E-state index is 0.00253. The van der Waals surface area contributed by atoms with Crippen LogP contribution in [-0.4, -0.2) is 17.7 Å². The zero-order chi connectivity index (χ0) is 19.3. The molecule has 5 nitrogen and oxygen atoms in total. The molecule has 1 aliphatic heterocycles. The minimum Gasteiger partial charge on any atom is -0.454 e. The van der Waals surface area contributed by atoms with E-state index in [1.165, 1.54) is 0 Å². The van der Waals surface area contributed by atoms with Gasteiger partial charge in [0.15, 0.2) is 11.5 Å². The van der Waals surface area contributed by atoms with Gasteiger partial charge < -0.3 is 14.8 Å². The van der Waals surface area contributed by atoms with Crippen molar-refractivity contribution in [3.63, 3.8) is 0 Å². The first kappa shape index (κ1) is 18.0. The van der Waals surface area contributed by atoms with Gasteiger partial charge in [-0.3, -0.25) is 9.78 Å². The lowest BCUT2D eigenvalue weighted by atomic mass is 9.88. The summed E-state index contributed by atoms with van der Waals surface area (Å²) in [4.78, 5) is 16.8. The molecule has 0 spiro atoms. The Morgan fingerprint density at radius 1 is 1.07 bits per heavy atom. The van der Waals surface area contributed by atoms with Crippen molar-refractivity contribution in [3.8, 4) is 11.5 Å². The summed E-state index contributed by atoms with van der Waals surface area (Å²) in [6, 6.07) is 17.9. The van der Waals surface area contributed by atoms with Gasteiger partial charge in [-0.15, -0.1) is 0 Å². The van der Waals surface area contributed by atoms with Crippen LogP contribution in [0.1, 0.15) is 34.6 Å². The number of carbonyl (C=O) groups excluding carboxylic acids is 1. The molecule has 2 heterocycles. The number of rotatable bonds is 6. The van der Waals surface area contributed by atoms with Gasteiger partial charge in [0.1, 0.15) is 0 Å². The first-order valence-corrected chi connectivity index (χ1v) is 9.31. The number of fused-ring (bicyclic) bond motifs is 1. The van der Waals surface area contributed by atoms with E-state index in [4.69, 9.17) is 9.47 Å². The molecule has 1 amide bonds. The maximum atomic E-state index is 12.7. The van der Waals surface area contributed by atoms with Crippen molar-refractivity contribution in [3.05, 3.63) is 89.2 Å². The van der Waals surface area contributed by atoms with Crippen LogP contribution in [0.25, 0.3) is 0 Å². The Labute approximate surface area is 164 Å². The van der Waals surface area contributed by atoms with Crippen molar-refractivity contribution >= 4 is 5.91 Å². The predicted octanol–water partition coefficient (Wildman–Crippen LogP) is 3.96. The van der Waals surface area contributed by atoms with Crippen LogP contribution in [0.3, 0.4) is 0 Å². The molecule has 0 aliphatic carbocycles. The second-order valence-corrected chi connectivity index (χ2v) is 6.86. The molecule has 4 rings (SSSR count). The highest BCUT2D eigenvalue weighted by Crippen LogP contribution is 2.37. The third kappa shape index (κ3) is 3.98. The molecule has 2 aromatic carbocycles. The highest BCUT2D eigenvalue weighted by molar-refractivity contribution is 5.77. The molecule has 1 N–H and O–H groups in total. The number of hydrogen-bond donors (Lipinski definition) is 1. The summed E-state index contributed by atoms with van der Waals surface area (Å²) in [5.41, 5.74) is 4.27. The van der Waals surface area contributed by atoms with E-state index in [0.29, 0.717) is 13.0 Å². The quantitative estimate of drug-likeness (QED) is 0.710. The fraction of sp³-hybridized carbons (Fsp3) is 0.217. The zero-order valence-electron chi connectivity index (χ0n) is 15.7. The molecule has 1 aliphatic rings. The number of aromatic nitrogens is 1. The Kier molecular flexibility index (Phi) is 5.24. The van der Waals surface area contributed by atoms with Crippen molar-refractivity contribution < 1.29 is 14.3 Å². The number of amides is 1. The molecular formula is C23H22N2O3. The van der Waals surface area contributed by atoms with Crippen LogP contribution in [0.2, 0.25) is 0 Å². The highest BCUT2D eigenvalue weighted by atomic mass is 16.7. The van der Waals surface area contributed by atoms with Crippen molar-refractivity contribution in [2.24, 2.45) is 0 Å². The summed E-state index contributed by atoms with van der Waals surface area (Å²) < 4.78 is 10.9. The largest absolute Gasteiger partial charge is 0.454 e. The fourth-order valence-corrected chi connectivity index (χ4v) is 3.40. The number of benzene rings is 2. The van der Waals surface area contributed by atoms with Gasteiger partial charge in [0.05, 0.1) is 0 Å². The summed E-state index contributed by atoms with van der Waals surface area (Å²) in [5, 5.41) is 3.04. The van der Waals surface area contributed by atoms with E-state index >= 15 is 0 Å². The lowest BCUT2D eigenvalue weighted by Gasteiger charge is -2.18. The molecule has 0 saturated heterocycles. The summed E-state index contributed by atoms with van der Waals surface area (Å²) in [6.45, 7) is 2.73. The van der Waals surface area contributed by atoms with E-state index in [9.17, 15) is 4.79 Å². The minimum atomic E-state index is -0.0609. The first-order valence-electron chi connectivity index (χ1n) is 9.31. The Hall–Kier alpha value is -3.34. The normalized spacial score (nSPS) is 13.2. The van der Waals surface area contributed by atoms with Crippen LogP contribution >= 0.6 is 0 Å². The Morgan fingerprint density at radius 3 is 2.71 bits per heavy atom. The van der Waals surface area contributed by atoms with Gasteiger partial charge in [-0.1, -0.05) is 36.4 Å². The van der Waals surface area contributed by atoms with Crippen LogP contribution in [0.15, 0.2) is 67.0 Å². The van der Waals surface area contributed by atoms with Gasteiger partial charge in [-0.25, -0.2) is 0 Å². The average molecular weight is 374 g/mol. The summed E-state index contributed by atoms with van der Waals surface area (Å²) >= 11 is 0. The molecule has 3 aromatic rings. The van der Waals surface area contributed by atoms with E-state index in [0.717, 1.165) is 33.8 Å². The van der Waals surface area contributed by atoms with E-state index in [-0.39, 0.29) is 18.6 Å². The van der Waals surface area contributed by atoms with Gasteiger partial charge in [-0.05, 0) is 47.4 Å². The number of carbonyl (C=O) groups is 1. The number of ether oxygens (including phenoxy) is 2. The van der Waals surface area contributed by atoms with E-state index in [1.54, 1.807) is 12.4 Å². The molecular weight excluding hydrogens is 352 g/mol. The van der Waals surface area contributed by atoms with Crippen LogP contribution in [0.4, 0.5) is 0 Å². The lowest BCUT2D eigenvalue weighted by molar-refractivity contribution is -0.121. The molecule has 142 valence electrons. The van der Waals surface area contributed by atoms with Gasteiger partial charge in [0.2, 0.25) is 12.7 Å². The number of hydrogen-bond acceptors (Lipinski definition) is 4. The monoisotopic (exact) mass is 374 g/mol. The maximum absolute atomic E-state index is 12.7. The standard InChI is InChI=1S/C23H22N2O3/c1-16-13-24-10-9-19(16)14-25-23(26)12-20(17-5-3-2-4-6-17)18-7-8-21-22(11-18)28-15-27-21/h2-11,13,20H,12,14-15H2,1H3,(H,25,26)/t20-/m0/s1. The van der Waals surface area contributed by atoms with Crippen LogP contribution in [0, 0.1) is 6.92 Å². The second kappa shape index (κ2) is 8.13. The number of nitrogens with zero attached hydrogens (tertiary/aromatic N) is 1. The van der Waals surface area contributed by atoms with Gasteiger partial charge >= 0.3 is 0 Å². The molecule has 1 aromatic heterocycles. The topological polar surface area (TPSA) is 60.5 Å². The van der Waals surface area contributed by atoms with Crippen LogP contribution < -0.4 is 14.8 Å². The van der Waals surface area contributed by atoms with Crippen molar-refractivity contribution in [2.75, 3.05) is 6.79 Å². The lowest BCUT2D eigenvalue weighted by Crippen LogP contribution is -2.25. The molecule has 0 unspecified atom stereocenters. The Morgan fingerprint density at radius 2 is 1.89 bits per heavy atom. The first-order chi connectivity index (χ1) is 13.7. The summed E-state index contributed by atoms with van der Waals surface area (Å²) in [5.74, 6) is 1.41. The highest BCUT2D eigenvalue weighted by Gasteiger charge is 2.22. The average Bonchev–Trinajstić information content (AvgIpc) is 3.20. The smallest absolute Gasteiger partial charge is 0.231 e. The van der Waals surface area contributed by atoms with Crippen molar-refractivity contribution in [1.82, 2.24) is 10.3 Å². The van der Waals surface area contributed by atoms with Crippen LogP contribution in [-0.2, 0) is 11.3 Å². The fourth-order valence-electron chi connectivity index (χ4n) is 3.40. The SMILES string of the molecule is Cc1cnccc1CNC(=O)C[C@@H](c1ccccc1)c1ccc2c(c1)OCO2. The number of pyridine rings is 1. The second-order valence-electron chi connectivity index (χ2n) is 6.86. The maximum Gasteiger partial charge on any atom is 0.231 e. The van der Waals surface area contributed by atoms with E-state index in [1.807, 2.05) is 49.4 Å². The molecule has 5 heteroatoms. The molecule has 0 bridgehead atoms. The molecule has 0 fully saturated rings. The Balaban J connectivity index is 1.53. The summed E-state index contributed by atoms with van der Waals surface area (Å²) in [7, 11) is 0. The summed E-state index contributed by atoms with van der Waals surface area (Å²) in [6.07, 6.45) is 3.91. The van der Waals surface area contributed by atoms with Crippen molar-refractivity contribution in [2.45, 2.75) is 25.8 Å². The van der Waals surface area contributed by atoms with Gasteiger partial charge in [-0.2, -0.15) is 0 Å². The molecule has 1 atom stereocenters. The predicted molar refractivity (Wildman–Crippen MR) is 106 cm³/mol. The third-order valence-corrected chi connectivity index (χ3v) is 5.00. The number of nitrogens with one attached hydrogen (secondary N) is 1. The molecule has 28 heavy (non-hydrogen) atoms. The third-order valence-electron chi connectivity index (χ3n) is 5.00. The van der Waals surface area contributed by atoms with E-state index < -0.39 is 0 Å². The Bertz CT molecular complexity index is 973. The zero-order valence-corrected chi connectivity index (χ0v) is 15.7. The van der Waals surface area contributed by atoms with Crippen LogP contribution in [0.5, 0.6) is 11.5 Å². The van der Waals surface area contributed by atoms with Crippen molar-refractivity contribution in [1.29, 1.82) is 0 Å². The molecule has 0 radical (unpaired) electrons. The van der Waals surface area contributed by atoms with Gasteiger partial charge in [0.25, 0.3) is 0 Å². The van der Waals surface area contributed by atoms with Gasteiger partial charge in [0, 0.05) is 31.3 Å². The molecule has 0 saturated carbocycles. The number of aryl methyl sites for hydroxylation is 1. The van der Waals surface area contributed by atoms with E-state index in [2.05, 4.69) is 22.4 Å².